The molecule has 0 radical (unpaired) electrons. The molecule has 4 rings (SSSR count). The van der Waals surface area contributed by atoms with Crippen LogP contribution in [-0.4, -0.2) is 25.8 Å². The summed E-state index contributed by atoms with van der Waals surface area (Å²) in [5, 5.41) is 18.7. The van der Waals surface area contributed by atoms with Crippen LogP contribution in [-0.2, 0) is 0 Å². The molecule has 2 N–H and O–H groups in total. The van der Waals surface area contributed by atoms with Gasteiger partial charge in [-0.2, -0.15) is 19.0 Å². The van der Waals surface area contributed by atoms with Gasteiger partial charge in [0.2, 0.25) is 5.43 Å². The van der Waals surface area contributed by atoms with Crippen LogP contribution in [0.5, 0.6) is 0 Å². The number of allylic oxidation sites excluding steroid dienone is 1. The van der Waals surface area contributed by atoms with E-state index in [9.17, 15) is 18.0 Å². The highest BCUT2D eigenvalue weighted by atomic mass is 35.5. The molecule has 0 saturated carbocycles. The van der Waals surface area contributed by atoms with E-state index < -0.39 is 17.8 Å². The fourth-order valence-corrected chi connectivity index (χ4v) is 3.37. The van der Waals surface area contributed by atoms with Gasteiger partial charge in [-0.1, -0.05) is 23.7 Å². The van der Waals surface area contributed by atoms with Crippen molar-refractivity contribution >= 4 is 29.2 Å². The minimum absolute atomic E-state index is 0.0308. The third kappa shape index (κ3) is 4.91. The van der Waals surface area contributed by atoms with Crippen LogP contribution in [0.3, 0.4) is 0 Å². The number of aromatic nitrogens is 4. The summed E-state index contributed by atoms with van der Waals surface area (Å²) in [5.74, 6) is -0.690. The molecule has 0 bridgehead atoms. The number of rotatable bonds is 7. The van der Waals surface area contributed by atoms with E-state index in [4.69, 9.17) is 17.0 Å². The van der Waals surface area contributed by atoms with Crippen molar-refractivity contribution in [3.05, 3.63) is 100.0 Å². The summed E-state index contributed by atoms with van der Waals surface area (Å²) < 4.78 is 42.1. The molecule has 0 spiro atoms. The van der Waals surface area contributed by atoms with E-state index in [2.05, 4.69) is 15.5 Å². The maximum absolute atomic E-state index is 15.0. The predicted octanol–water partition coefficient (Wildman–Crippen LogP) is 5.39. The van der Waals surface area contributed by atoms with Crippen molar-refractivity contribution in [2.45, 2.75) is 6.55 Å². The van der Waals surface area contributed by atoms with Crippen LogP contribution in [0.4, 0.5) is 18.9 Å². The molecular weight excluding hydrogens is 469 g/mol. The molecule has 0 atom stereocenters. The number of nitrogens with zero attached hydrogens (tertiary/aromatic N) is 4. The normalized spacial score (nSPS) is 11.6. The summed E-state index contributed by atoms with van der Waals surface area (Å²) in [7, 11) is 0. The first kappa shape index (κ1) is 23.0. The maximum atomic E-state index is 15.0. The molecule has 11 heteroatoms. The minimum Gasteiger partial charge on any atom is -0.354 e. The van der Waals surface area contributed by atoms with Crippen molar-refractivity contribution in [1.29, 1.82) is 5.41 Å². The first-order valence-corrected chi connectivity index (χ1v) is 10.2. The van der Waals surface area contributed by atoms with Gasteiger partial charge in [-0.3, -0.25) is 4.79 Å². The topological polar surface area (TPSA) is 88.6 Å². The highest BCUT2D eigenvalue weighted by Gasteiger charge is 2.14. The summed E-state index contributed by atoms with van der Waals surface area (Å²) in [6, 6.07) is 12.1. The quantitative estimate of drug-likeness (QED) is 0.344. The second-order valence-electron chi connectivity index (χ2n) is 7.01. The lowest BCUT2D eigenvalue weighted by atomic mass is 10.1. The lowest BCUT2D eigenvalue weighted by Crippen LogP contribution is -2.19. The van der Waals surface area contributed by atoms with E-state index >= 15 is 0 Å². The molecule has 7 nitrogen and oxygen atoms in total. The third-order valence-corrected chi connectivity index (χ3v) is 4.98. The average molecular weight is 485 g/mol. The summed E-state index contributed by atoms with van der Waals surface area (Å²) in [4.78, 5) is 12.5. The van der Waals surface area contributed by atoms with Crippen LogP contribution in [0.1, 0.15) is 12.2 Å². The van der Waals surface area contributed by atoms with Crippen molar-refractivity contribution in [3.8, 4) is 16.8 Å². The van der Waals surface area contributed by atoms with Gasteiger partial charge in [0.25, 0.3) is 0 Å². The minimum atomic E-state index is -2.80. The van der Waals surface area contributed by atoms with Gasteiger partial charge < -0.3 is 10.7 Å². The molecule has 0 aliphatic rings. The molecule has 2 aromatic carbocycles. The summed E-state index contributed by atoms with van der Waals surface area (Å²) in [6.07, 6.45) is 5.96. The monoisotopic (exact) mass is 484 g/mol. The Morgan fingerprint density at radius 1 is 1.15 bits per heavy atom. The van der Waals surface area contributed by atoms with Crippen molar-refractivity contribution in [3.63, 3.8) is 0 Å². The van der Waals surface area contributed by atoms with Crippen LogP contribution in [0.15, 0.2) is 78.0 Å². The second-order valence-corrected chi connectivity index (χ2v) is 7.44. The van der Waals surface area contributed by atoms with Gasteiger partial charge in [0.05, 0.1) is 11.9 Å². The Balaban J connectivity index is 1.70. The van der Waals surface area contributed by atoms with Crippen LogP contribution < -0.4 is 10.7 Å². The molecule has 2 aromatic heterocycles. The smallest absolute Gasteiger partial charge is 0.333 e. The van der Waals surface area contributed by atoms with Crippen molar-refractivity contribution in [1.82, 2.24) is 19.6 Å². The van der Waals surface area contributed by atoms with Crippen LogP contribution >= 0.6 is 11.6 Å². The lowest BCUT2D eigenvalue weighted by Gasteiger charge is -2.13. The van der Waals surface area contributed by atoms with Gasteiger partial charge in [-0.25, -0.2) is 13.8 Å². The number of hydrogen-bond donors (Lipinski definition) is 2. The van der Waals surface area contributed by atoms with E-state index in [0.717, 1.165) is 12.4 Å². The van der Waals surface area contributed by atoms with Crippen molar-refractivity contribution in [2.75, 3.05) is 5.32 Å². The average Bonchev–Trinajstić information content (AvgIpc) is 3.30. The Kier molecular flexibility index (Phi) is 6.60. The first-order valence-electron chi connectivity index (χ1n) is 9.82. The second kappa shape index (κ2) is 9.75. The predicted molar refractivity (Wildman–Crippen MR) is 124 cm³/mol. The Hall–Kier alpha value is -4.18. The Morgan fingerprint density at radius 2 is 1.97 bits per heavy atom. The van der Waals surface area contributed by atoms with E-state index in [1.54, 1.807) is 24.3 Å². The Labute approximate surface area is 196 Å². The van der Waals surface area contributed by atoms with E-state index in [0.29, 0.717) is 26.5 Å². The lowest BCUT2D eigenvalue weighted by molar-refractivity contribution is 0.0566. The Bertz CT molecular complexity index is 1450. The summed E-state index contributed by atoms with van der Waals surface area (Å²) in [5.41, 5.74) is 0.985. The van der Waals surface area contributed by atoms with E-state index in [1.807, 2.05) is 0 Å². The molecule has 172 valence electrons. The molecule has 0 aliphatic heterocycles. The van der Waals surface area contributed by atoms with Crippen molar-refractivity contribution < 1.29 is 13.2 Å². The highest BCUT2D eigenvalue weighted by Crippen LogP contribution is 2.25. The molecule has 2 heterocycles. The van der Waals surface area contributed by atoms with Crippen LogP contribution in [0.2, 0.25) is 5.02 Å². The highest BCUT2D eigenvalue weighted by molar-refractivity contribution is 6.30. The van der Waals surface area contributed by atoms with Gasteiger partial charge in [-0.15, -0.1) is 0 Å². The zero-order valence-corrected chi connectivity index (χ0v) is 18.0. The van der Waals surface area contributed by atoms with Gasteiger partial charge in [-0.05, 0) is 42.0 Å². The van der Waals surface area contributed by atoms with E-state index in [-0.39, 0.29) is 17.1 Å². The van der Waals surface area contributed by atoms with Gasteiger partial charge in [0, 0.05) is 40.9 Å². The number of halogens is 4. The van der Waals surface area contributed by atoms with Crippen LogP contribution in [0.25, 0.3) is 22.5 Å². The molecule has 0 aliphatic carbocycles. The fourth-order valence-electron chi connectivity index (χ4n) is 3.18. The van der Waals surface area contributed by atoms with Gasteiger partial charge in [0.15, 0.2) is 5.69 Å². The molecule has 0 saturated heterocycles. The van der Waals surface area contributed by atoms with Crippen LogP contribution in [0, 0.1) is 11.2 Å². The standard InChI is InChI=1S/C23H16ClF3N6O/c24-16-2-1-3-17(11-16)30-19(6-8-28)22-21(34)7-9-32(31-22)20-5-4-14(10-18(20)25)15-12-29-33(13-15)23(26)27/h1-13,23,28,30H/b19-6-,28-8?. The molecular formula is C23H16ClF3N6O. The third-order valence-electron chi connectivity index (χ3n) is 4.75. The van der Waals surface area contributed by atoms with Crippen molar-refractivity contribution in [2.24, 2.45) is 0 Å². The Morgan fingerprint density at radius 3 is 2.65 bits per heavy atom. The zero-order chi connectivity index (χ0) is 24.2. The molecule has 0 amide bonds. The number of hydrogen-bond acceptors (Lipinski definition) is 5. The largest absolute Gasteiger partial charge is 0.354 e. The van der Waals surface area contributed by atoms with Gasteiger partial charge in [0.1, 0.15) is 11.5 Å². The van der Waals surface area contributed by atoms with E-state index in [1.165, 1.54) is 47.4 Å². The summed E-state index contributed by atoms with van der Waals surface area (Å²) >= 11 is 6.01. The first-order chi connectivity index (χ1) is 16.4. The molecule has 0 fully saturated rings. The molecule has 0 unspecified atom stereocenters. The zero-order valence-electron chi connectivity index (χ0n) is 17.3. The number of alkyl halides is 2. The number of anilines is 1. The SMILES string of the molecule is N=C/C=C(\Nc1cccc(Cl)c1)c1nn(-c2ccc(-c3cnn(C(F)F)c3)cc2F)ccc1=O. The number of benzene rings is 2. The molecule has 4 aromatic rings. The van der Waals surface area contributed by atoms with Gasteiger partial charge >= 0.3 is 6.55 Å². The molecule has 34 heavy (non-hydrogen) atoms. The number of nitrogens with one attached hydrogen (secondary N) is 2. The fraction of sp³-hybridized carbons (Fsp3) is 0.0435. The summed E-state index contributed by atoms with van der Waals surface area (Å²) in [6.45, 7) is -2.80. The maximum Gasteiger partial charge on any atom is 0.333 e.